The van der Waals surface area contributed by atoms with E-state index in [1.807, 2.05) is 30.3 Å². The predicted octanol–water partition coefficient (Wildman–Crippen LogP) is 3.13. The van der Waals surface area contributed by atoms with Crippen LogP contribution in [0.15, 0.2) is 54.6 Å². The van der Waals surface area contributed by atoms with Gasteiger partial charge in [-0.3, -0.25) is 4.79 Å². The molecule has 2 rings (SSSR count). The van der Waals surface area contributed by atoms with Crippen LogP contribution in [0.25, 0.3) is 0 Å². The Morgan fingerprint density at radius 2 is 1.83 bits per heavy atom. The van der Waals surface area contributed by atoms with E-state index < -0.39 is 5.60 Å². The summed E-state index contributed by atoms with van der Waals surface area (Å²) < 4.78 is 5.47. The lowest BCUT2D eigenvalue weighted by Crippen LogP contribution is -2.39. The van der Waals surface area contributed by atoms with Crippen molar-refractivity contribution in [2.75, 3.05) is 13.2 Å². The van der Waals surface area contributed by atoms with Crippen molar-refractivity contribution in [2.24, 2.45) is 0 Å². The quantitative estimate of drug-likeness (QED) is 0.818. The number of carbonyl (C=O) groups excluding carboxylic acids is 1. The summed E-state index contributed by atoms with van der Waals surface area (Å²) in [5.41, 5.74) is -0.455. The molecule has 1 unspecified atom stereocenters. The first-order valence-electron chi connectivity index (χ1n) is 7.40. The molecule has 0 heterocycles. The number of halogens is 1. The van der Waals surface area contributed by atoms with E-state index in [2.05, 4.69) is 5.32 Å². The smallest absolute Gasteiger partial charge is 0.223 e. The van der Waals surface area contributed by atoms with E-state index in [0.29, 0.717) is 17.2 Å². The number of rotatable bonds is 7. The molecule has 2 N–H and O–H groups in total. The van der Waals surface area contributed by atoms with Gasteiger partial charge in [0.1, 0.15) is 11.4 Å². The Hall–Kier alpha value is -2.04. The highest BCUT2D eigenvalue weighted by atomic mass is 35.5. The first-order valence-corrected chi connectivity index (χ1v) is 7.78. The lowest BCUT2D eigenvalue weighted by molar-refractivity contribution is -0.122. The highest BCUT2D eigenvalue weighted by Gasteiger charge is 2.23. The fraction of sp³-hybridized carbons (Fsp3) is 0.278. The van der Waals surface area contributed by atoms with Crippen LogP contribution >= 0.6 is 11.6 Å². The fourth-order valence-corrected chi connectivity index (χ4v) is 2.17. The molecular formula is C18H20ClNO3. The number of carbonyl (C=O) groups is 1. The van der Waals surface area contributed by atoms with Gasteiger partial charge in [-0.2, -0.15) is 0 Å². The van der Waals surface area contributed by atoms with Crippen LogP contribution in [0.4, 0.5) is 0 Å². The van der Waals surface area contributed by atoms with Crippen molar-refractivity contribution in [1.82, 2.24) is 5.32 Å². The molecule has 0 aromatic heterocycles. The van der Waals surface area contributed by atoms with Gasteiger partial charge in [-0.25, -0.2) is 0 Å². The Morgan fingerprint density at radius 1 is 1.17 bits per heavy atom. The Labute approximate surface area is 141 Å². The van der Waals surface area contributed by atoms with Gasteiger partial charge in [0.15, 0.2) is 0 Å². The van der Waals surface area contributed by atoms with Crippen molar-refractivity contribution >= 4 is 17.5 Å². The molecule has 2 aromatic carbocycles. The molecule has 1 amide bonds. The average molecular weight is 334 g/mol. The number of benzene rings is 2. The Balaban J connectivity index is 1.76. The van der Waals surface area contributed by atoms with Gasteiger partial charge in [0.25, 0.3) is 0 Å². The van der Waals surface area contributed by atoms with E-state index in [9.17, 15) is 9.90 Å². The van der Waals surface area contributed by atoms with Gasteiger partial charge < -0.3 is 15.2 Å². The second-order valence-corrected chi connectivity index (χ2v) is 5.91. The topological polar surface area (TPSA) is 58.6 Å². The van der Waals surface area contributed by atoms with Crippen molar-refractivity contribution in [3.63, 3.8) is 0 Å². The molecule has 122 valence electrons. The summed E-state index contributed by atoms with van der Waals surface area (Å²) in [6.07, 6.45) is 0.228. The van der Waals surface area contributed by atoms with Gasteiger partial charge in [-0.15, -0.1) is 0 Å². The van der Waals surface area contributed by atoms with Gasteiger partial charge in [0, 0.05) is 5.02 Å². The van der Waals surface area contributed by atoms with Gasteiger partial charge in [0.05, 0.1) is 19.6 Å². The molecule has 0 saturated heterocycles. The monoisotopic (exact) mass is 333 g/mol. The van der Waals surface area contributed by atoms with Crippen molar-refractivity contribution in [1.29, 1.82) is 0 Å². The standard InChI is InChI=1S/C18H20ClNO3/c1-18(22,14-7-9-15(19)10-8-14)13-20-17(21)11-12-23-16-5-3-2-4-6-16/h2-10,22H,11-13H2,1H3,(H,20,21). The Kier molecular flexibility index (Phi) is 6.02. The number of aliphatic hydroxyl groups is 1. The lowest BCUT2D eigenvalue weighted by atomic mass is 9.96. The molecule has 1 atom stereocenters. The molecule has 0 aliphatic carbocycles. The van der Waals surface area contributed by atoms with Gasteiger partial charge in [-0.1, -0.05) is 41.9 Å². The summed E-state index contributed by atoms with van der Waals surface area (Å²) in [5, 5.41) is 13.8. The van der Waals surface area contributed by atoms with Crippen molar-refractivity contribution in [3.8, 4) is 5.75 Å². The van der Waals surface area contributed by atoms with Crippen molar-refractivity contribution < 1.29 is 14.6 Å². The van der Waals surface area contributed by atoms with Crippen LogP contribution in [0.3, 0.4) is 0 Å². The van der Waals surface area contributed by atoms with Crippen LogP contribution in [0.5, 0.6) is 5.75 Å². The Morgan fingerprint density at radius 3 is 2.48 bits per heavy atom. The predicted molar refractivity (Wildman–Crippen MR) is 90.6 cm³/mol. The number of amides is 1. The molecule has 0 radical (unpaired) electrons. The molecule has 4 nitrogen and oxygen atoms in total. The van der Waals surface area contributed by atoms with E-state index in [1.54, 1.807) is 31.2 Å². The molecule has 0 saturated carbocycles. The van der Waals surface area contributed by atoms with Crippen LogP contribution in [0.1, 0.15) is 18.9 Å². The molecule has 2 aromatic rings. The minimum atomic E-state index is -1.15. The molecular weight excluding hydrogens is 314 g/mol. The first kappa shape index (κ1) is 17.3. The zero-order valence-corrected chi connectivity index (χ0v) is 13.7. The molecule has 0 fully saturated rings. The van der Waals surface area contributed by atoms with Crippen LogP contribution < -0.4 is 10.1 Å². The van der Waals surface area contributed by atoms with E-state index in [1.165, 1.54) is 0 Å². The van der Waals surface area contributed by atoms with Gasteiger partial charge >= 0.3 is 0 Å². The largest absolute Gasteiger partial charge is 0.493 e. The third-order valence-corrected chi connectivity index (χ3v) is 3.69. The first-order chi connectivity index (χ1) is 11.0. The van der Waals surface area contributed by atoms with Crippen LogP contribution in [0.2, 0.25) is 5.02 Å². The van der Waals surface area contributed by atoms with Crippen molar-refractivity contribution in [2.45, 2.75) is 18.9 Å². The molecule has 5 heteroatoms. The number of hydrogen-bond acceptors (Lipinski definition) is 3. The summed E-state index contributed by atoms with van der Waals surface area (Å²) in [7, 11) is 0. The number of hydrogen-bond donors (Lipinski definition) is 2. The van der Waals surface area contributed by atoms with E-state index in [4.69, 9.17) is 16.3 Å². The van der Waals surface area contributed by atoms with Crippen molar-refractivity contribution in [3.05, 3.63) is 65.2 Å². The number of nitrogens with one attached hydrogen (secondary N) is 1. The maximum atomic E-state index is 11.8. The molecule has 0 bridgehead atoms. The minimum absolute atomic E-state index is 0.124. The van der Waals surface area contributed by atoms with Crippen LogP contribution in [-0.2, 0) is 10.4 Å². The SMILES string of the molecule is CC(O)(CNC(=O)CCOc1ccccc1)c1ccc(Cl)cc1. The summed E-state index contributed by atoms with van der Waals surface area (Å²) in [5.74, 6) is 0.559. The summed E-state index contributed by atoms with van der Waals surface area (Å²) in [6, 6.07) is 16.2. The number of para-hydroxylation sites is 1. The average Bonchev–Trinajstić information content (AvgIpc) is 2.54. The van der Waals surface area contributed by atoms with Crippen LogP contribution in [-0.4, -0.2) is 24.2 Å². The van der Waals surface area contributed by atoms with Crippen LogP contribution in [0, 0.1) is 0 Å². The normalized spacial score (nSPS) is 13.2. The maximum Gasteiger partial charge on any atom is 0.223 e. The molecule has 0 aliphatic heterocycles. The molecule has 0 aliphatic rings. The van der Waals surface area contributed by atoms with Gasteiger partial charge in [-0.05, 0) is 36.8 Å². The van der Waals surface area contributed by atoms with Gasteiger partial charge in [0.2, 0.25) is 5.91 Å². The number of ether oxygens (including phenoxy) is 1. The van der Waals surface area contributed by atoms with E-state index in [-0.39, 0.29) is 18.9 Å². The highest BCUT2D eigenvalue weighted by molar-refractivity contribution is 6.30. The second kappa shape index (κ2) is 7.99. The Bertz CT molecular complexity index is 626. The third-order valence-electron chi connectivity index (χ3n) is 3.44. The minimum Gasteiger partial charge on any atom is -0.493 e. The van der Waals surface area contributed by atoms with E-state index in [0.717, 1.165) is 5.75 Å². The summed E-state index contributed by atoms with van der Waals surface area (Å²) >= 11 is 5.83. The lowest BCUT2D eigenvalue weighted by Gasteiger charge is -2.24. The summed E-state index contributed by atoms with van der Waals surface area (Å²) in [6.45, 7) is 2.06. The van der Waals surface area contributed by atoms with E-state index >= 15 is 0 Å². The second-order valence-electron chi connectivity index (χ2n) is 5.47. The summed E-state index contributed by atoms with van der Waals surface area (Å²) in [4.78, 5) is 11.8. The molecule has 0 spiro atoms. The highest BCUT2D eigenvalue weighted by Crippen LogP contribution is 2.21. The molecule has 23 heavy (non-hydrogen) atoms. The fourth-order valence-electron chi connectivity index (χ4n) is 2.05. The zero-order chi connectivity index (χ0) is 16.7. The third kappa shape index (κ3) is 5.58. The maximum absolute atomic E-state index is 11.8. The zero-order valence-electron chi connectivity index (χ0n) is 13.0.